The Kier molecular flexibility index (Phi) is 5.34. The average molecular weight is 230 g/mol. The summed E-state index contributed by atoms with van der Waals surface area (Å²) in [7, 11) is 0. The molecule has 1 aromatic heterocycles. The van der Waals surface area contributed by atoms with E-state index in [1.54, 1.807) is 0 Å². The van der Waals surface area contributed by atoms with Crippen LogP contribution < -0.4 is 0 Å². The standard InChI is InChI=1S/C11H16ClNS/c1-9(2)6-7-14-8-10-4-3-5-11(12)13-10/h3-5,9H,6-8H2,1-2H3. The molecule has 0 N–H and O–H groups in total. The summed E-state index contributed by atoms with van der Waals surface area (Å²) in [5.41, 5.74) is 1.08. The highest BCUT2D eigenvalue weighted by atomic mass is 35.5. The molecule has 0 fully saturated rings. The summed E-state index contributed by atoms with van der Waals surface area (Å²) < 4.78 is 0. The van der Waals surface area contributed by atoms with Gasteiger partial charge in [0.05, 0.1) is 5.69 Å². The van der Waals surface area contributed by atoms with Crippen LogP contribution in [0.4, 0.5) is 0 Å². The van der Waals surface area contributed by atoms with E-state index < -0.39 is 0 Å². The maximum atomic E-state index is 5.79. The Labute approximate surface area is 95.3 Å². The Morgan fingerprint density at radius 3 is 2.86 bits per heavy atom. The Morgan fingerprint density at radius 1 is 1.43 bits per heavy atom. The maximum absolute atomic E-state index is 5.79. The molecule has 0 bridgehead atoms. The lowest BCUT2D eigenvalue weighted by Crippen LogP contribution is -1.92. The van der Waals surface area contributed by atoms with Crippen molar-refractivity contribution in [2.45, 2.75) is 26.0 Å². The molecule has 3 heteroatoms. The quantitative estimate of drug-likeness (QED) is 0.559. The van der Waals surface area contributed by atoms with Gasteiger partial charge >= 0.3 is 0 Å². The summed E-state index contributed by atoms with van der Waals surface area (Å²) in [6, 6.07) is 5.78. The van der Waals surface area contributed by atoms with Gasteiger partial charge in [-0.3, -0.25) is 0 Å². The molecule has 0 aliphatic heterocycles. The van der Waals surface area contributed by atoms with E-state index >= 15 is 0 Å². The first kappa shape index (κ1) is 11.9. The van der Waals surface area contributed by atoms with Gasteiger partial charge in [-0.2, -0.15) is 11.8 Å². The Hall–Kier alpha value is -0.210. The molecule has 0 radical (unpaired) electrons. The van der Waals surface area contributed by atoms with Crippen molar-refractivity contribution in [3.63, 3.8) is 0 Å². The molecule has 1 heterocycles. The fourth-order valence-electron chi connectivity index (χ4n) is 1.03. The summed E-state index contributed by atoms with van der Waals surface area (Å²) in [5, 5.41) is 0.590. The second kappa shape index (κ2) is 6.31. The highest BCUT2D eigenvalue weighted by molar-refractivity contribution is 7.98. The Morgan fingerprint density at radius 2 is 2.21 bits per heavy atom. The molecule has 1 rings (SSSR count). The van der Waals surface area contributed by atoms with Crippen molar-refractivity contribution in [2.24, 2.45) is 5.92 Å². The van der Waals surface area contributed by atoms with Gasteiger partial charge in [-0.15, -0.1) is 0 Å². The number of rotatable bonds is 5. The van der Waals surface area contributed by atoms with Crippen LogP contribution >= 0.6 is 23.4 Å². The lowest BCUT2D eigenvalue weighted by Gasteiger charge is -2.04. The molecular weight excluding hydrogens is 214 g/mol. The third kappa shape index (κ3) is 4.87. The smallest absolute Gasteiger partial charge is 0.129 e. The third-order valence-electron chi connectivity index (χ3n) is 1.86. The Bertz CT molecular complexity index is 276. The molecular formula is C11H16ClNS. The number of thioether (sulfide) groups is 1. The normalized spacial score (nSPS) is 10.9. The van der Waals surface area contributed by atoms with E-state index in [-0.39, 0.29) is 0 Å². The van der Waals surface area contributed by atoms with Gasteiger partial charge in [-0.25, -0.2) is 4.98 Å². The molecule has 0 atom stereocenters. The van der Waals surface area contributed by atoms with E-state index in [0.717, 1.165) is 17.4 Å². The number of aromatic nitrogens is 1. The van der Waals surface area contributed by atoms with Crippen molar-refractivity contribution in [2.75, 3.05) is 5.75 Å². The first-order valence-electron chi connectivity index (χ1n) is 4.87. The number of nitrogens with zero attached hydrogens (tertiary/aromatic N) is 1. The van der Waals surface area contributed by atoms with Gasteiger partial charge in [0.2, 0.25) is 0 Å². The molecule has 0 aromatic carbocycles. The van der Waals surface area contributed by atoms with Crippen molar-refractivity contribution in [3.8, 4) is 0 Å². The van der Waals surface area contributed by atoms with E-state index in [1.165, 1.54) is 12.2 Å². The fraction of sp³-hybridized carbons (Fsp3) is 0.545. The molecule has 0 saturated heterocycles. The van der Waals surface area contributed by atoms with E-state index in [4.69, 9.17) is 11.6 Å². The minimum absolute atomic E-state index is 0.590. The van der Waals surface area contributed by atoms with Crippen LogP contribution in [0.15, 0.2) is 18.2 Å². The zero-order chi connectivity index (χ0) is 10.4. The minimum Gasteiger partial charge on any atom is -0.240 e. The molecule has 0 unspecified atom stereocenters. The lowest BCUT2D eigenvalue weighted by molar-refractivity contribution is 0.632. The number of halogens is 1. The van der Waals surface area contributed by atoms with Crippen molar-refractivity contribution in [1.82, 2.24) is 4.98 Å². The summed E-state index contributed by atoms with van der Waals surface area (Å²) >= 11 is 7.71. The molecule has 0 aliphatic carbocycles. The summed E-state index contributed by atoms with van der Waals surface area (Å²) in [5.74, 6) is 2.95. The molecule has 78 valence electrons. The van der Waals surface area contributed by atoms with Gasteiger partial charge in [0, 0.05) is 5.75 Å². The van der Waals surface area contributed by atoms with Gasteiger partial charge in [0.15, 0.2) is 0 Å². The number of hydrogen-bond donors (Lipinski definition) is 0. The molecule has 0 amide bonds. The second-order valence-electron chi connectivity index (χ2n) is 3.69. The van der Waals surface area contributed by atoms with Crippen LogP contribution in [0, 0.1) is 5.92 Å². The van der Waals surface area contributed by atoms with Crippen molar-refractivity contribution < 1.29 is 0 Å². The number of pyridine rings is 1. The predicted octanol–water partition coefficient (Wildman–Crippen LogP) is 4.01. The summed E-state index contributed by atoms with van der Waals surface area (Å²) in [6.07, 6.45) is 1.27. The van der Waals surface area contributed by atoms with Crippen molar-refractivity contribution in [3.05, 3.63) is 29.0 Å². The molecule has 0 saturated carbocycles. The van der Waals surface area contributed by atoms with Crippen molar-refractivity contribution >= 4 is 23.4 Å². The second-order valence-corrected chi connectivity index (χ2v) is 5.18. The van der Waals surface area contributed by atoms with E-state index in [2.05, 4.69) is 18.8 Å². The molecule has 0 aliphatic rings. The number of hydrogen-bond acceptors (Lipinski definition) is 2. The zero-order valence-corrected chi connectivity index (χ0v) is 10.2. The molecule has 0 spiro atoms. The highest BCUT2D eigenvalue weighted by Gasteiger charge is 1.98. The first-order valence-corrected chi connectivity index (χ1v) is 6.41. The zero-order valence-electron chi connectivity index (χ0n) is 8.66. The van der Waals surface area contributed by atoms with Crippen LogP contribution in [0.2, 0.25) is 5.15 Å². The monoisotopic (exact) mass is 229 g/mol. The lowest BCUT2D eigenvalue weighted by atomic mass is 10.2. The molecule has 1 nitrogen and oxygen atoms in total. The van der Waals surface area contributed by atoms with Gasteiger partial charge in [-0.05, 0) is 30.2 Å². The SMILES string of the molecule is CC(C)CCSCc1cccc(Cl)n1. The molecule has 1 aromatic rings. The van der Waals surface area contributed by atoms with Crippen LogP contribution in [-0.4, -0.2) is 10.7 Å². The largest absolute Gasteiger partial charge is 0.240 e. The average Bonchev–Trinajstić information content (AvgIpc) is 2.12. The van der Waals surface area contributed by atoms with E-state index in [0.29, 0.717) is 5.15 Å². The summed E-state index contributed by atoms with van der Waals surface area (Å²) in [4.78, 5) is 4.23. The van der Waals surface area contributed by atoms with Gasteiger partial charge in [0.25, 0.3) is 0 Å². The van der Waals surface area contributed by atoms with Gasteiger partial charge in [0.1, 0.15) is 5.15 Å². The van der Waals surface area contributed by atoms with Crippen LogP contribution in [0.5, 0.6) is 0 Å². The van der Waals surface area contributed by atoms with Gasteiger partial charge < -0.3 is 0 Å². The highest BCUT2D eigenvalue weighted by Crippen LogP contribution is 2.15. The van der Waals surface area contributed by atoms with Crippen LogP contribution in [-0.2, 0) is 5.75 Å². The topological polar surface area (TPSA) is 12.9 Å². The first-order chi connectivity index (χ1) is 6.68. The van der Waals surface area contributed by atoms with Crippen LogP contribution in [0.25, 0.3) is 0 Å². The minimum atomic E-state index is 0.590. The van der Waals surface area contributed by atoms with Crippen LogP contribution in [0.3, 0.4) is 0 Å². The van der Waals surface area contributed by atoms with E-state index in [1.807, 2.05) is 30.0 Å². The van der Waals surface area contributed by atoms with Crippen molar-refractivity contribution in [1.29, 1.82) is 0 Å². The maximum Gasteiger partial charge on any atom is 0.129 e. The molecule has 14 heavy (non-hydrogen) atoms. The summed E-state index contributed by atoms with van der Waals surface area (Å²) in [6.45, 7) is 4.50. The Balaban J connectivity index is 2.25. The predicted molar refractivity (Wildman–Crippen MR) is 64.9 cm³/mol. The van der Waals surface area contributed by atoms with E-state index in [9.17, 15) is 0 Å². The van der Waals surface area contributed by atoms with Gasteiger partial charge in [-0.1, -0.05) is 31.5 Å². The van der Waals surface area contributed by atoms with Crippen LogP contribution in [0.1, 0.15) is 26.0 Å². The third-order valence-corrected chi connectivity index (χ3v) is 3.10. The fourth-order valence-corrected chi connectivity index (χ4v) is 2.36.